The number of nitrogens with two attached hydrogens (primary N) is 1. The number of halogens is 1. The Morgan fingerprint density at radius 2 is 1.62 bits per heavy atom. The van der Waals surface area contributed by atoms with Crippen LogP contribution in [0.25, 0.3) is 32.9 Å². The van der Waals surface area contributed by atoms with E-state index in [2.05, 4.69) is 32.0 Å². The highest BCUT2D eigenvalue weighted by Gasteiger charge is 2.16. The van der Waals surface area contributed by atoms with Crippen LogP contribution < -0.4 is 5.73 Å². The van der Waals surface area contributed by atoms with E-state index in [-0.39, 0.29) is 0 Å². The lowest BCUT2D eigenvalue weighted by molar-refractivity contribution is 1.35. The Morgan fingerprint density at radius 3 is 2.38 bits per heavy atom. The molecule has 3 heteroatoms. The van der Waals surface area contributed by atoms with Crippen molar-refractivity contribution >= 4 is 39.1 Å². The highest BCUT2D eigenvalue weighted by molar-refractivity contribution is 6.35. The van der Waals surface area contributed by atoms with E-state index < -0.39 is 0 Å². The van der Waals surface area contributed by atoms with Gasteiger partial charge in [-0.05, 0) is 42.7 Å². The van der Waals surface area contributed by atoms with Crippen molar-refractivity contribution in [3.8, 4) is 11.1 Å². The van der Waals surface area contributed by atoms with Gasteiger partial charge in [-0.3, -0.25) is 0 Å². The Bertz CT molecular complexity index is 1090. The van der Waals surface area contributed by atoms with E-state index >= 15 is 0 Å². The molecule has 2 N–H and O–H groups in total. The molecule has 0 aliphatic rings. The van der Waals surface area contributed by atoms with Gasteiger partial charge in [-0.2, -0.15) is 0 Å². The fourth-order valence-corrected chi connectivity index (χ4v) is 3.51. The maximum absolute atomic E-state index is 6.42. The first-order valence-electron chi connectivity index (χ1n) is 7.91. The normalized spacial score (nSPS) is 11.3. The zero-order valence-corrected chi connectivity index (χ0v) is 14.4. The van der Waals surface area contributed by atoms with E-state index in [0.29, 0.717) is 5.02 Å². The minimum atomic E-state index is 0.658. The lowest BCUT2D eigenvalue weighted by atomic mass is 9.91. The van der Waals surface area contributed by atoms with Crippen LogP contribution in [0.3, 0.4) is 0 Å². The Kier molecular flexibility index (Phi) is 3.43. The summed E-state index contributed by atoms with van der Waals surface area (Å²) in [4.78, 5) is 4.90. The van der Waals surface area contributed by atoms with E-state index in [1.165, 1.54) is 0 Å². The predicted octanol–water partition coefficient (Wildman–Crippen LogP) is 5.91. The van der Waals surface area contributed by atoms with Gasteiger partial charge < -0.3 is 5.73 Å². The number of nitrogens with zero attached hydrogens (tertiary/aromatic N) is 1. The molecule has 0 aliphatic carbocycles. The first kappa shape index (κ1) is 15.0. The second-order valence-corrected chi connectivity index (χ2v) is 6.51. The molecule has 0 fully saturated rings. The first-order valence-corrected chi connectivity index (χ1v) is 8.28. The second-order valence-electron chi connectivity index (χ2n) is 6.10. The molecule has 118 valence electrons. The monoisotopic (exact) mass is 332 g/mol. The molecule has 4 rings (SSSR count). The summed E-state index contributed by atoms with van der Waals surface area (Å²) in [6, 6.07) is 18.2. The number of anilines is 1. The van der Waals surface area contributed by atoms with E-state index in [1.807, 2.05) is 36.4 Å². The average molecular weight is 333 g/mol. The third kappa shape index (κ3) is 2.15. The molecular weight excluding hydrogens is 316 g/mol. The van der Waals surface area contributed by atoms with Gasteiger partial charge >= 0.3 is 0 Å². The van der Waals surface area contributed by atoms with Gasteiger partial charge in [0.05, 0.1) is 16.1 Å². The average Bonchev–Trinajstić information content (AvgIpc) is 2.60. The quantitative estimate of drug-likeness (QED) is 0.348. The summed E-state index contributed by atoms with van der Waals surface area (Å²) in [7, 11) is 0. The van der Waals surface area contributed by atoms with Crippen LogP contribution in [-0.2, 0) is 0 Å². The molecule has 0 saturated heterocycles. The van der Waals surface area contributed by atoms with Crippen molar-refractivity contribution < 1.29 is 0 Å². The van der Waals surface area contributed by atoms with Crippen LogP contribution in [0, 0.1) is 13.8 Å². The molecule has 1 aromatic heterocycles. The molecule has 0 saturated carbocycles. The van der Waals surface area contributed by atoms with Gasteiger partial charge in [0, 0.05) is 22.0 Å². The van der Waals surface area contributed by atoms with Gasteiger partial charge in [0.1, 0.15) is 0 Å². The van der Waals surface area contributed by atoms with Crippen LogP contribution in [-0.4, -0.2) is 4.98 Å². The Labute approximate surface area is 145 Å². The molecule has 3 aromatic carbocycles. The van der Waals surface area contributed by atoms with Crippen molar-refractivity contribution in [2.24, 2.45) is 0 Å². The fourth-order valence-electron chi connectivity index (χ4n) is 3.29. The minimum absolute atomic E-state index is 0.658. The summed E-state index contributed by atoms with van der Waals surface area (Å²) in [6.07, 6.45) is 0. The van der Waals surface area contributed by atoms with E-state index in [0.717, 1.165) is 49.7 Å². The number of hydrogen-bond donors (Lipinski definition) is 1. The number of hydrogen-bond acceptors (Lipinski definition) is 2. The molecule has 0 aliphatic heterocycles. The molecule has 0 spiro atoms. The number of nitrogen functional groups attached to an aromatic ring is 1. The van der Waals surface area contributed by atoms with Crippen molar-refractivity contribution in [2.75, 3.05) is 5.73 Å². The third-order valence-electron chi connectivity index (χ3n) is 4.73. The SMILES string of the molecule is Cc1c(C)c(-c2ccccc2)c2nc3c(Cl)cccc3cc2c1N. The maximum atomic E-state index is 6.42. The molecule has 1 heterocycles. The Balaban J connectivity index is 2.24. The van der Waals surface area contributed by atoms with Crippen molar-refractivity contribution in [3.63, 3.8) is 0 Å². The second kappa shape index (κ2) is 5.50. The Morgan fingerprint density at radius 1 is 0.875 bits per heavy atom. The predicted molar refractivity (Wildman–Crippen MR) is 104 cm³/mol. The van der Waals surface area contributed by atoms with Crippen LogP contribution in [0.1, 0.15) is 11.1 Å². The van der Waals surface area contributed by atoms with Crippen LogP contribution in [0.4, 0.5) is 5.69 Å². The molecule has 4 aromatic rings. The topological polar surface area (TPSA) is 38.9 Å². The van der Waals surface area contributed by atoms with Crippen LogP contribution in [0.2, 0.25) is 5.02 Å². The number of rotatable bonds is 1. The van der Waals surface area contributed by atoms with Crippen LogP contribution in [0.5, 0.6) is 0 Å². The van der Waals surface area contributed by atoms with Crippen LogP contribution >= 0.6 is 11.6 Å². The van der Waals surface area contributed by atoms with Crippen molar-refractivity contribution in [1.82, 2.24) is 4.98 Å². The molecule has 0 atom stereocenters. The van der Waals surface area contributed by atoms with E-state index in [4.69, 9.17) is 22.3 Å². The van der Waals surface area contributed by atoms with Gasteiger partial charge in [-0.1, -0.05) is 54.1 Å². The molecule has 0 bridgehead atoms. The minimum Gasteiger partial charge on any atom is -0.398 e. The molecule has 0 radical (unpaired) electrons. The van der Waals surface area contributed by atoms with E-state index in [1.54, 1.807) is 0 Å². The number of aromatic nitrogens is 1. The largest absolute Gasteiger partial charge is 0.398 e. The van der Waals surface area contributed by atoms with Gasteiger partial charge in [0.15, 0.2) is 0 Å². The summed E-state index contributed by atoms with van der Waals surface area (Å²) < 4.78 is 0. The first-order chi connectivity index (χ1) is 11.6. The van der Waals surface area contributed by atoms with E-state index in [9.17, 15) is 0 Å². The zero-order valence-electron chi connectivity index (χ0n) is 13.6. The highest BCUT2D eigenvalue weighted by Crippen LogP contribution is 2.39. The van der Waals surface area contributed by atoms with Gasteiger partial charge in [0.2, 0.25) is 0 Å². The zero-order chi connectivity index (χ0) is 16.8. The van der Waals surface area contributed by atoms with Crippen molar-refractivity contribution in [2.45, 2.75) is 13.8 Å². The lowest BCUT2D eigenvalue weighted by Gasteiger charge is -2.17. The number of pyridine rings is 1. The van der Waals surface area contributed by atoms with Crippen LogP contribution in [0.15, 0.2) is 54.6 Å². The smallest absolute Gasteiger partial charge is 0.0896 e. The fraction of sp³-hybridized carbons (Fsp3) is 0.0952. The number of para-hydroxylation sites is 1. The highest BCUT2D eigenvalue weighted by atomic mass is 35.5. The summed E-state index contributed by atoms with van der Waals surface area (Å²) in [5.74, 6) is 0. The Hall–Kier alpha value is -2.58. The number of benzene rings is 3. The molecule has 0 amide bonds. The maximum Gasteiger partial charge on any atom is 0.0896 e. The summed E-state index contributed by atoms with van der Waals surface area (Å²) >= 11 is 6.37. The van der Waals surface area contributed by atoms with Crippen molar-refractivity contribution in [1.29, 1.82) is 0 Å². The molecule has 0 unspecified atom stereocenters. The third-order valence-corrected chi connectivity index (χ3v) is 5.03. The molecule has 24 heavy (non-hydrogen) atoms. The lowest BCUT2D eigenvalue weighted by Crippen LogP contribution is -2.00. The number of fused-ring (bicyclic) bond motifs is 2. The summed E-state index contributed by atoms with van der Waals surface area (Å²) in [5.41, 5.74) is 13.5. The summed E-state index contributed by atoms with van der Waals surface area (Å²) in [6.45, 7) is 4.17. The van der Waals surface area contributed by atoms with Gasteiger partial charge in [-0.15, -0.1) is 0 Å². The molecular formula is C21H17ClN2. The standard InChI is InChI=1S/C21H17ClN2/c1-12-13(2)19(23)16-11-15-9-6-10-17(22)20(15)24-21(16)18(12)14-7-4-3-5-8-14/h3-11H,23H2,1-2H3. The van der Waals surface area contributed by atoms with Gasteiger partial charge in [0.25, 0.3) is 0 Å². The van der Waals surface area contributed by atoms with Crippen molar-refractivity contribution in [3.05, 3.63) is 70.7 Å². The van der Waals surface area contributed by atoms with Gasteiger partial charge in [-0.25, -0.2) is 4.98 Å². The molecule has 2 nitrogen and oxygen atoms in total. The summed E-state index contributed by atoms with van der Waals surface area (Å²) in [5, 5.41) is 2.64.